The summed E-state index contributed by atoms with van der Waals surface area (Å²) in [5.41, 5.74) is 3.62. The number of carbonyl (C=O) groups excluding carboxylic acids is 3. The maximum atomic E-state index is 13.8. The Kier molecular flexibility index (Phi) is 6.96. The van der Waals surface area contributed by atoms with Crippen molar-refractivity contribution in [2.45, 2.75) is 31.9 Å². The summed E-state index contributed by atoms with van der Waals surface area (Å²) in [6, 6.07) is 20.5. The van der Waals surface area contributed by atoms with Gasteiger partial charge in [0.2, 0.25) is 5.91 Å². The zero-order valence-corrected chi connectivity index (χ0v) is 20.9. The second kappa shape index (κ2) is 10.6. The summed E-state index contributed by atoms with van der Waals surface area (Å²) in [5.74, 6) is -0.173. The lowest BCUT2D eigenvalue weighted by Gasteiger charge is -2.22. The molecule has 0 spiro atoms. The number of hydrogen-bond donors (Lipinski definition) is 1. The topological polar surface area (TPSA) is 107 Å². The molecule has 1 atom stereocenters. The molecular weight excluding hydrogens is 486 g/mol. The van der Waals surface area contributed by atoms with E-state index in [0.717, 1.165) is 11.1 Å². The summed E-state index contributed by atoms with van der Waals surface area (Å²) in [6.07, 6.45) is 2.19. The molecule has 0 aliphatic carbocycles. The molecular formula is C29H25N3O6. The third-order valence-electron chi connectivity index (χ3n) is 6.35. The smallest absolute Gasteiger partial charge is 0.306 e. The van der Waals surface area contributed by atoms with Crippen LogP contribution >= 0.6 is 0 Å². The second-order valence-corrected chi connectivity index (χ2v) is 8.82. The minimum absolute atomic E-state index is 0.0304. The molecule has 38 heavy (non-hydrogen) atoms. The Morgan fingerprint density at radius 1 is 1.08 bits per heavy atom. The molecule has 1 unspecified atom stereocenters. The Hall–Kier alpha value is -4.84. The summed E-state index contributed by atoms with van der Waals surface area (Å²) in [6.45, 7) is 0.343. The zero-order chi connectivity index (χ0) is 26.6. The maximum absolute atomic E-state index is 13.8. The number of anilines is 2. The van der Waals surface area contributed by atoms with E-state index in [9.17, 15) is 14.4 Å². The van der Waals surface area contributed by atoms with Crippen LogP contribution in [0.1, 0.15) is 34.3 Å². The minimum atomic E-state index is -0.468. The van der Waals surface area contributed by atoms with Crippen molar-refractivity contribution in [3.05, 3.63) is 77.4 Å². The van der Waals surface area contributed by atoms with Crippen molar-refractivity contribution >= 4 is 41.1 Å². The van der Waals surface area contributed by atoms with Gasteiger partial charge in [0, 0.05) is 30.7 Å². The molecule has 5 rings (SSSR count). The van der Waals surface area contributed by atoms with Gasteiger partial charge in [0.1, 0.15) is 6.61 Å². The van der Waals surface area contributed by atoms with Crippen LogP contribution < -0.4 is 19.7 Å². The van der Waals surface area contributed by atoms with Gasteiger partial charge in [-0.25, -0.2) is 0 Å². The number of amides is 2. The predicted octanol–water partition coefficient (Wildman–Crippen LogP) is 4.05. The van der Waals surface area contributed by atoms with Gasteiger partial charge in [-0.05, 0) is 23.8 Å². The first-order valence-electron chi connectivity index (χ1n) is 12.1. The van der Waals surface area contributed by atoms with Gasteiger partial charge < -0.3 is 19.5 Å². The fourth-order valence-corrected chi connectivity index (χ4v) is 4.42. The minimum Gasteiger partial charge on any atom is -0.493 e. The molecule has 0 aromatic heterocycles. The molecule has 0 fully saturated rings. The summed E-state index contributed by atoms with van der Waals surface area (Å²) < 4.78 is 16.1. The third kappa shape index (κ3) is 5.02. The largest absolute Gasteiger partial charge is 0.493 e. The Balaban J connectivity index is 1.39. The molecule has 2 heterocycles. The van der Waals surface area contributed by atoms with Gasteiger partial charge in [0.05, 0.1) is 49.3 Å². The number of nitrogens with one attached hydrogen (secondary N) is 1. The third-order valence-corrected chi connectivity index (χ3v) is 6.35. The standard InChI is InChI=1S/C29H25N3O6/c1-36-25-14-22-23(15-26(25)38-17-18-6-4-3-5-7-18)30-16-21-12-19-8-9-20(13-24(19)32(21)29(22)35)31-27(33)10-11-28(34)37-2/h3-7,13-16,21H,10-12,17H2,1-2H3,(H,31,33). The van der Waals surface area contributed by atoms with Crippen LogP contribution in [-0.4, -0.2) is 44.3 Å². The fraction of sp³-hybridized carbons (Fsp3) is 0.241. The molecule has 2 aliphatic rings. The van der Waals surface area contributed by atoms with Crippen molar-refractivity contribution < 1.29 is 28.6 Å². The van der Waals surface area contributed by atoms with Crippen LogP contribution in [0.3, 0.4) is 0 Å². The van der Waals surface area contributed by atoms with E-state index in [4.69, 9.17) is 9.47 Å². The molecule has 3 aromatic carbocycles. The number of aliphatic imine (C=N–C) groups is 1. The molecule has 9 nitrogen and oxygen atoms in total. The van der Waals surface area contributed by atoms with Crippen LogP contribution in [0, 0.1) is 12.1 Å². The second-order valence-electron chi connectivity index (χ2n) is 8.82. The first kappa shape index (κ1) is 24.8. The summed E-state index contributed by atoms with van der Waals surface area (Å²) in [5, 5.41) is 2.71. The van der Waals surface area contributed by atoms with E-state index in [1.165, 1.54) is 14.2 Å². The summed E-state index contributed by atoms with van der Waals surface area (Å²) in [4.78, 5) is 43.6. The number of fused-ring (bicyclic) bond motifs is 4. The van der Waals surface area contributed by atoms with Gasteiger partial charge in [-0.15, -0.1) is 0 Å². The highest BCUT2D eigenvalue weighted by Gasteiger charge is 2.37. The molecule has 0 saturated heterocycles. The van der Waals surface area contributed by atoms with Gasteiger partial charge in [0.25, 0.3) is 5.91 Å². The van der Waals surface area contributed by atoms with Gasteiger partial charge in [-0.3, -0.25) is 24.3 Å². The van der Waals surface area contributed by atoms with E-state index in [-0.39, 0.29) is 30.7 Å². The highest BCUT2D eigenvalue weighted by molar-refractivity contribution is 6.15. The maximum Gasteiger partial charge on any atom is 0.306 e. The molecule has 192 valence electrons. The predicted molar refractivity (Wildman–Crippen MR) is 140 cm³/mol. The van der Waals surface area contributed by atoms with E-state index >= 15 is 0 Å². The van der Waals surface area contributed by atoms with Crippen LogP contribution in [0.15, 0.2) is 53.5 Å². The SMILES string of the molecule is COC(=O)CCC(=O)Nc1c#cc2c(c1)N1C(=O)c3cc(OC)c(OCc4ccccc4)cc3N=CC1C2. The number of nitrogens with zero attached hydrogens (tertiary/aromatic N) is 2. The lowest BCUT2D eigenvalue weighted by molar-refractivity contribution is -0.141. The Morgan fingerprint density at radius 3 is 2.66 bits per heavy atom. The van der Waals surface area contributed by atoms with Gasteiger partial charge in [-0.1, -0.05) is 36.4 Å². The van der Waals surface area contributed by atoms with Crippen molar-refractivity contribution in [3.63, 3.8) is 0 Å². The summed E-state index contributed by atoms with van der Waals surface area (Å²) >= 11 is 0. The zero-order valence-electron chi connectivity index (χ0n) is 20.9. The number of rotatable bonds is 8. The molecule has 0 bridgehead atoms. The average molecular weight is 512 g/mol. The number of esters is 1. The Labute approximate surface area is 220 Å². The number of hydrogen-bond acceptors (Lipinski definition) is 7. The van der Waals surface area contributed by atoms with Crippen LogP contribution in [0.25, 0.3) is 0 Å². The lowest BCUT2D eigenvalue weighted by Crippen LogP contribution is -2.37. The first-order valence-corrected chi connectivity index (χ1v) is 12.1. The van der Waals surface area contributed by atoms with Crippen molar-refractivity contribution in [2.24, 2.45) is 4.99 Å². The fourth-order valence-electron chi connectivity index (χ4n) is 4.42. The highest BCUT2D eigenvalue weighted by Crippen LogP contribution is 2.41. The van der Waals surface area contributed by atoms with Crippen LogP contribution in [0.4, 0.5) is 17.1 Å². The molecule has 2 amide bonds. The molecule has 0 radical (unpaired) electrons. The van der Waals surface area contributed by atoms with Gasteiger partial charge >= 0.3 is 5.97 Å². The van der Waals surface area contributed by atoms with Crippen LogP contribution in [0.5, 0.6) is 11.5 Å². The first-order chi connectivity index (χ1) is 18.5. The van der Waals surface area contributed by atoms with Crippen LogP contribution in [-0.2, 0) is 27.4 Å². The molecule has 3 aromatic rings. The number of ether oxygens (including phenoxy) is 3. The highest BCUT2D eigenvalue weighted by atomic mass is 16.5. The molecule has 2 aliphatic heterocycles. The summed E-state index contributed by atoms with van der Waals surface area (Å²) in [7, 11) is 2.79. The van der Waals surface area contributed by atoms with E-state index in [2.05, 4.69) is 27.2 Å². The van der Waals surface area contributed by atoms with E-state index in [0.29, 0.717) is 47.2 Å². The Morgan fingerprint density at radius 2 is 1.89 bits per heavy atom. The molecule has 9 heteroatoms. The van der Waals surface area contributed by atoms with E-state index < -0.39 is 5.97 Å². The van der Waals surface area contributed by atoms with E-state index in [1.807, 2.05) is 30.3 Å². The lowest BCUT2D eigenvalue weighted by atomic mass is 10.1. The average Bonchev–Trinajstić information content (AvgIpc) is 3.24. The van der Waals surface area contributed by atoms with Crippen molar-refractivity contribution in [3.8, 4) is 11.5 Å². The Bertz CT molecular complexity index is 1420. The number of carbonyl (C=O) groups is 3. The number of methoxy groups -OCH3 is 2. The molecule has 1 N–H and O–H groups in total. The van der Waals surface area contributed by atoms with Crippen molar-refractivity contribution in [1.29, 1.82) is 0 Å². The monoisotopic (exact) mass is 511 g/mol. The van der Waals surface area contributed by atoms with Crippen LogP contribution in [0.2, 0.25) is 0 Å². The van der Waals surface area contributed by atoms with Gasteiger partial charge in [-0.2, -0.15) is 0 Å². The van der Waals surface area contributed by atoms with Gasteiger partial charge in [0.15, 0.2) is 11.5 Å². The molecule has 0 saturated carbocycles. The normalized spacial score (nSPS) is 14.9. The van der Waals surface area contributed by atoms with E-state index in [1.54, 1.807) is 29.3 Å². The quantitative estimate of drug-likeness (QED) is 0.458. The van der Waals surface area contributed by atoms with Crippen molar-refractivity contribution in [2.75, 3.05) is 24.4 Å². The van der Waals surface area contributed by atoms with Crippen molar-refractivity contribution in [1.82, 2.24) is 0 Å². The number of benzene rings is 2.